The third-order valence-corrected chi connectivity index (χ3v) is 2.66. The van der Waals surface area contributed by atoms with Crippen LogP contribution in [0.3, 0.4) is 0 Å². The fourth-order valence-corrected chi connectivity index (χ4v) is 1.76. The Hall–Kier alpha value is -2.43. The van der Waals surface area contributed by atoms with Crippen molar-refractivity contribution in [2.45, 2.75) is 6.92 Å². The number of hydrogen-bond donors (Lipinski definition) is 2. The quantitative estimate of drug-likeness (QED) is 0.663. The number of pyridine rings is 2. The number of anilines is 1. The number of nitrogen functional groups attached to an aromatic ring is 1. The van der Waals surface area contributed by atoms with E-state index in [4.69, 9.17) is 5.73 Å². The van der Waals surface area contributed by atoms with E-state index in [2.05, 4.69) is 19.9 Å². The van der Waals surface area contributed by atoms with Gasteiger partial charge in [-0.15, -0.1) is 0 Å². The third-order valence-electron chi connectivity index (χ3n) is 2.66. The monoisotopic (exact) mass is 225 g/mol. The van der Waals surface area contributed by atoms with Crippen LogP contribution in [-0.4, -0.2) is 19.9 Å². The van der Waals surface area contributed by atoms with Crippen molar-refractivity contribution in [3.8, 4) is 11.5 Å². The number of imidazole rings is 1. The predicted octanol–water partition coefficient (Wildman–Crippen LogP) is 1.91. The average molecular weight is 225 g/mol. The molecule has 3 aromatic heterocycles. The Bertz CT molecular complexity index is 686. The molecule has 3 N–H and O–H groups in total. The number of hydrogen-bond acceptors (Lipinski definition) is 4. The molecule has 5 nitrogen and oxygen atoms in total. The fraction of sp³-hybridized carbons (Fsp3) is 0.0833. The van der Waals surface area contributed by atoms with Crippen LogP contribution < -0.4 is 5.73 Å². The van der Waals surface area contributed by atoms with Gasteiger partial charge in [-0.2, -0.15) is 0 Å². The second-order valence-electron chi connectivity index (χ2n) is 3.85. The first-order chi connectivity index (χ1) is 8.25. The number of nitrogens with zero attached hydrogens (tertiary/aromatic N) is 3. The normalized spacial score (nSPS) is 10.9. The number of rotatable bonds is 1. The van der Waals surface area contributed by atoms with Gasteiger partial charge in [-0.1, -0.05) is 0 Å². The van der Waals surface area contributed by atoms with Crippen molar-refractivity contribution in [1.29, 1.82) is 0 Å². The van der Waals surface area contributed by atoms with E-state index in [-0.39, 0.29) is 0 Å². The van der Waals surface area contributed by atoms with Crippen molar-refractivity contribution >= 4 is 16.9 Å². The van der Waals surface area contributed by atoms with E-state index in [0.29, 0.717) is 22.9 Å². The van der Waals surface area contributed by atoms with Gasteiger partial charge in [0.1, 0.15) is 5.69 Å². The van der Waals surface area contributed by atoms with Crippen molar-refractivity contribution in [3.63, 3.8) is 0 Å². The Balaban J connectivity index is 2.26. The van der Waals surface area contributed by atoms with Gasteiger partial charge in [0.2, 0.25) is 0 Å². The van der Waals surface area contributed by atoms with Crippen LogP contribution in [0.4, 0.5) is 5.69 Å². The molecule has 0 fully saturated rings. The topological polar surface area (TPSA) is 80.5 Å². The molecular weight excluding hydrogens is 214 g/mol. The zero-order valence-electron chi connectivity index (χ0n) is 9.31. The van der Waals surface area contributed by atoms with E-state index in [1.807, 2.05) is 13.0 Å². The zero-order chi connectivity index (χ0) is 11.8. The van der Waals surface area contributed by atoms with Crippen molar-refractivity contribution in [3.05, 3.63) is 36.2 Å². The van der Waals surface area contributed by atoms with E-state index in [1.54, 1.807) is 24.5 Å². The van der Waals surface area contributed by atoms with Gasteiger partial charge < -0.3 is 10.7 Å². The smallest absolute Gasteiger partial charge is 0.178 e. The summed E-state index contributed by atoms with van der Waals surface area (Å²) in [5.41, 5.74) is 9.84. The molecule has 0 radical (unpaired) electrons. The summed E-state index contributed by atoms with van der Waals surface area (Å²) in [4.78, 5) is 16.0. The third kappa shape index (κ3) is 1.52. The molecule has 5 heteroatoms. The summed E-state index contributed by atoms with van der Waals surface area (Å²) < 4.78 is 0. The Morgan fingerprint density at radius 2 is 2.06 bits per heavy atom. The molecule has 17 heavy (non-hydrogen) atoms. The van der Waals surface area contributed by atoms with Gasteiger partial charge in [0.25, 0.3) is 0 Å². The largest absolute Gasteiger partial charge is 0.397 e. The summed E-state index contributed by atoms with van der Waals surface area (Å²) in [6, 6.07) is 5.53. The second kappa shape index (κ2) is 3.55. The second-order valence-corrected chi connectivity index (χ2v) is 3.85. The maximum Gasteiger partial charge on any atom is 0.178 e. The minimum Gasteiger partial charge on any atom is -0.397 e. The fourth-order valence-electron chi connectivity index (χ4n) is 1.76. The number of nitrogens with two attached hydrogens (primary N) is 1. The van der Waals surface area contributed by atoms with Crippen LogP contribution in [0, 0.1) is 6.92 Å². The molecule has 0 aliphatic rings. The van der Waals surface area contributed by atoms with Gasteiger partial charge in [-0.25, -0.2) is 9.97 Å². The molecule has 3 aromatic rings. The molecule has 0 spiro atoms. The van der Waals surface area contributed by atoms with Gasteiger partial charge in [0, 0.05) is 12.4 Å². The molecule has 3 heterocycles. The van der Waals surface area contributed by atoms with Crippen LogP contribution in [0.25, 0.3) is 22.7 Å². The van der Waals surface area contributed by atoms with Gasteiger partial charge in [-0.3, -0.25) is 4.98 Å². The minimum atomic E-state index is 0.601. The van der Waals surface area contributed by atoms with Gasteiger partial charge in [0.05, 0.1) is 11.2 Å². The lowest BCUT2D eigenvalue weighted by atomic mass is 10.3. The van der Waals surface area contributed by atoms with Gasteiger partial charge in [-0.05, 0) is 30.7 Å². The van der Waals surface area contributed by atoms with Crippen LogP contribution in [0.2, 0.25) is 0 Å². The van der Waals surface area contributed by atoms with E-state index < -0.39 is 0 Å². The summed E-state index contributed by atoms with van der Waals surface area (Å²) in [5, 5.41) is 0. The summed E-state index contributed by atoms with van der Waals surface area (Å²) in [7, 11) is 0. The molecule has 0 atom stereocenters. The standard InChI is InChI=1S/C12H11N5/c1-7-4-6-15-11-9(7)16-12(17-11)10-8(13)3-2-5-14-10/h2-6H,13H2,1H3,(H,15,16,17). The minimum absolute atomic E-state index is 0.601. The van der Waals surface area contributed by atoms with Crippen LogP contribution >= 0.6 is 0 Å². The van der Waals surface area contributed by atoms with Crippen LogP contribution in [0.5, 0.6) is 0 Å². The number of aryl methyl sites for hydroxylation is 1. The van der Waals surface area contributed by atoms with Crippen LogP contribution in [-0.2, 0) is 0 Å². The first-order valence-electron chi connectivity index (χ1n) is 5.28. The highest BCUT2D eigenvalue weighted by molar-refractivity contribution is 5.80. The lowest BCUT2D eigenvalue weighted by Gasteiger charge is -1.98. The Morgan fingerprint density at radius 3 is 2.82 bits per heavy atom. The first-order valence-corrected chi connectivity index (χ1v) is 5.28. The highest BCUT2D eigenvalue weighted by atomic mass is 15.0. The maximum atomic E-state index is 5.87. The van der Waals surface area contributed by atoms with Crippen molar-refractivity contribution in [2.24, 2.45) is 0 Å². The number of aromatic nitrogens is 4. The van der Waals surface area contributed by atoms with E-state index >= 15 is 0 Å². The van der Waals surface area contributed by atoms with Gasteiger partial charge >= 0.3 is 0 Å². The van der Waals surface area contributed by atoms with Gasteiger partial charge in [0.15, 0.2) is 11.5 Å². The molecule has 0 bridgehead atoms. The zero-order valence-corrected chi connectivity index (χ0v) is 9.31. The lowest BCUT2D eigenvalue weighted by molar-refractivity contribution is 1.23. The first kappa shape index (κ1) is 9.77. The highest BCUT2D eigenvalue weighted by Crippen LogP contribution is 2.23. The molecule has 0 saturated heterocycles. The number of fused-ring (bicyclic) bond motifs is 1. The van der Waals surface area contributed by atoms with Crippen molar-refractivity contribution in [2.75, 3.05) is 5.73 Å². The number of aromatic amines is 1. The van der Waals surface area contributed by atoms with E-state index in [0.717, 1.165) is 11.1 Å². The Morgan fingerprint density at radius 1 is 1.18 bits per heavy atom. The Labute approximate surface area is 97.7 Å². The highest BCUT2D eigenvalue weighted by Gasteiger charge is 2.10. The number of H-pyrrole nitrogens is 1. The Kier molecular flexibility index (Phi) is 2.04. The molecule has 0 amide bonds. The van der Waals surface area contributed by atoms with Crippen LogP contribution in [0.15, 0.2) is 30.6 Å². The van der Waals surface area contributed by atoms with E-state index in [1.165, 1.54) is 0 Å². The van der Waals surface area contributed by atoms with E-state index in [9.17, 15) is 0 Å². The molecule has 84 valence electrons. The molecule has 0 saturated carbocycles. The summed E-state index contributed by atoms with van der Waals surface area (Å²) >= 11 is 0. The summed E-state index contributed by atoms with van der Waals surface area (Å²) in [5.74, 6) is 0.653. The summed E-state index contributed by atoms with van der Waals surface area (Å²) in [6.07, 6.45) is 3.43. The lowest BCUT2D eigenvalue weighted by Crippen LogP contribution is -1.93. The molecule has 3 rings (SSSR count). The maximum absolute atomic E-state index is 5.87. The number of nitrogens with one attached hydrogen (secondary N) is 1. The van der Waals surface area contributed by atoms with Crippen molar-refractivity contribution < 1.29 is 0 Å². The molecular formula is C12H11N5. The predicted molar refractivity (Wildman–Crippen MR) is 66.3 cm³/mol. The molecule has 0 unspecified atom stereocenters. The molecule has 0 aromatic carbocycles. The van der Waals surface area contributed by atoms with Crippen LogP contribution in [0.1, 0.15) is 5.56 Å². The molecule has 0 aliphatic carbocycles. The average Bonchev–Trinajstić information content (AvgIpc) is 2.75. The van der Waals surface area contributed by atoms with Crippen molar-refractivity contribution in [1.82, 2.24) is 19.9 Å². The SMILES string of the molecule is Cc1ccnc2nc(-c3ncccc3N)[nH]c12. The molecule has 0 aliphatic heterocycles. The summed E-state index contributed by atoms with van der Waals surface area (Å²) in [6.45, 7) is 2.01.